The van der Waals surface area contributed by atoms with Crippen molar-refractivity contribution in [2.75, 3.05) is 46.3 Å². The fourth-order valence-corrected chi connectivity index (χ4v) is 10.1. The van der Waals surface area contributed by atoms with Crippen molar-refractivity contribution in [2.45, 2.75) is 197 Å². The van der Waals surface area contributed by atoms with Gasteiger partial charge in [-0.15, -0.1) is 0 Å². The van der Waals surface area contributed by atoms with Crippen molar-refractivity contribution in [3.8, 4) is 0 Å². The fraction of sp³-hybridized carbons (Fsp3) is 0.695. The van der Waals surface area contributed by atoms with Gasteiger partial charge in [0.25, 0.3) is 0 Å². The Morgan fingerprint density at radius 3 is 1.52 bits per heavy atom. The molecule has 5 amide bonds. The maximum atomic E-state index is 14.8. The third-order valence-corrected chi connectivity index (χ3v) is 15.3. The van der Waals surface area contributed by atoms with Gasteiger partial charge in [-0.2, -0.15) is 0 Å². The molecule has 2 N–H and O–H groups in total. The van der Waals surface area contributed by atoms with Crippen molar-refractivity contribution < 1.29 is 37.5 Å². The smallest absolute Gasteiger partial charge is 0.246 e. The van der Waals surface area contributed by atoms with E-state index in [1.807, 2.05) is 77.0 Å². The zero-order valence-corrected chi connectivity index (χ0v) is 45.6. The lowest BCUT2D eigenvalue weighted by atomic mass is 9.76. The van der Waals surface area contributed by atoms with Crippen molar-refractivity contribution >= 4 is 35.3 Å². The summed E-state index contributed by atoms with van der Waals surface area (Å²) in [6.45, 7) is 19.9. The van der Waals surface area contributed by atoms with Crippen LogP contribution in [0.1, 0.15) is 171 Å². The van der Waals surface area contributed by atoms with E-state index < -0.39 is 22.8 Å². The monoisotopic (exact) mass is 1020 g/mol. The van der Waals surface area contributed by atoms with Crippen LogP contribution in [0.4, 0.5) is 8.78 Å². The first kappa shape index (κ1) is 62.6. The Morgan fingerprint density at radius 2 is 1.11 bits per heavy atom. The summed E-state index contributed by atoms with van der Waals surface area (Å²) in [6.07, 6.45) is 10.0. The summed E-state index contributed by atoms with van der Waals surface area (Å²) in [5.74, 6) is -1.75. The van der Waals surface area contributed by atoms with E-state index in [1.54, 1.807) is 48.3 Å². The zero-order valence-electron chi connectivity index (χ0n) is 45.6. The maximum absolute atomic E-state index is 14.8. The van der Waals surface area contributed by atoms with Crippen LogP contribution >= 0.6 is 0 Å². The molecule has 2 heterocycles. The van der Waals surface area contributed by atoms with Gasteiger partial charge in [0, 0.05) is 82.5 Å². The number of halogens is 2. The van der Waals surface area contributed by atoms with Gasteiger partial charge in [0.05, 0.1) is 6.04 Å². The molecule has 0 bridgehead atoms. The molecule has 2 aliphatic heterocycles. The number of benzene rings is 2. The van der Waals surface area contributed by atoms with E-state index in [2.05, 4.69) is 10.6 Å². The largest absolute Gasteiger partial charge is 0.344 e. The van der Waals surface area contributed by atoms with Crippen molar-refractivity contribution in [3.63, 3.8) is 0 Å². The van der Waals surface area contributed by atoms with Crippen LogP contribution in [0, 0.1) is 34.3 Å². The Kier molecular flexibility index (Phi) is 25.7. The summed E-state index contributed by atoms with van der Waals surface area (Å²) in [4.78, 5) is 89.9. The molecule has 0 saturated carbocycles. The molecule has 14 heteroatoms. The van der Waals surface area contributed by atoms with Gasteiger partial charge in [0.1, 0.15) is 23.5 Å². The van der Waals surface area contributed by atoms with Gasteiger partial charge in [-0.25, -0.2) is 8.78 Å². The highest BCUT2D eigenvalue weighted by molar-refractivity contribution is 5.91. The number of carbonyl (C=O) groups excluding carboxylic acids is 6. The fourth-order valence-electron chi connectivity index (χ4n) is 10.1. The highest BCUT2D eigenvalue weighted by Crippen LogP contribution is 2.34. The predicted octanol–water partition coefficient (Wildman–Crippen LogP) is 9.95. The molecule has 12 nitrogen and oxygen atoms in total. The number of hydrogen-bond acceptors (Lipinski definition) is 7. The van der Waals surface area contributed by atoms with Gasteiger partial charge >= 0.3 is 0 Å². The van der Waals surface area contributed by atoms with Crippen LogP contribution in [0.3, 0.4) is 0 Å². The van der Waals surface area contributed by atoms with Gasteiger partial charge in [-0.3, -0.25) is 28.8 Å². The standard InChI is InChI=1S/C58H90F2N6O6.CH4/c1-11-41(2)54(70)62-53(58(7,8)9)56(72)66-35-23-27-46(66)40-64(37-33-44-25-19-21-29-49(44)60)52(69)31-17-15-13-12-14-16-30-51(68)63(36-32-43-24-18-20-28-48(43)59)39-45-26-22-34-65(45)55(71)47(57(4,5)6)38-50(67)42(3)61-10;/h18-21,24-25,28-29,41-42,45-47,53,61H,11-17,22-23,26-27,30-40H2,1-10H3,(H,62,70);1H4/t41-,42+,45+,46+,47-,53-;/m1./s1. The number of carbonyl (C=O) groups is 6. The summed E-state index contributed by atoms with van der Waals surface area (Å²) in [5.41, 5.74) is 0.0998. The van der Waals surface area contributed by atoms with Gasteiger partial charge in [-0.1, -0.05) is 125 Å². The first-order valence-electron chi connectivity index (χ1n) is 27.2. The molecule has 2 saturated heterocycles. The van der Waals surface area contributed by atoms with Crippen LogP contribution < -0.4 is 10.6 Å². The molecule has 0 radical (unpaired) electrons. The number of likely N-dealkylation sites (N-methyl/N-ethyl adjacent to an activating group) is 1. The van der Waals surface area contributed by atoms with Crippen molar-refractivity contribution in [2.24, 2.45) is 22.7 Å². The van der Waals surface area contributed by atoms with Crippen LogP contribution in [0.5, 0.6) is 0 Å². The number of nitrogens with one attached hydrogen (secondary N) is 2. The number of likely N-dealkylation sites (tertiary alicyclic amines) is 2. The third-order valence-electron chi connectivity index (χ3n) is 15.3. The molecule has 2 aromatic carbocycles. The summed E-state index contributed by atoms with van der Waals surface area (Å²) in [7, 11) is 1.74. The lowest BCUT2D eigenvalue weighted by Crippen LogP contribution is -2.57. The predicted molar refractivity (Wildman–Crippen MR) is 288 cm³/mol. The maximum Gasteiger partial charge on any atom is 0.246 e. The number of nitrogens with zero attached hydrogens (tertiary/aromatic N) is 4. The molecule has 4 rings (SSSR count). The molecule has 2 aromatic rings. The van der Waals surface area contributed by atoms with E-state index >= 15 is 0 Å². The van der Waals surface area contributed by atoms with E-state index in [-0.39, 0.29) is 84.8 Å². The summed E-state index contributed by atoms with van der Waals surface area (Å²) < 4.78 is 29.5. The van der Waals surface area contributed by atoms with Crippen LogP contribution in [0.15, 0.2) is 48.5 Å². The first-order valence-corrected chi connectivity index (χ1v) is 27.2. The average molecular weight is 1020 g/mol. The molecule has 2 fully saturated rings. The van der Waals surface area contributed by atoms with Gasteiger partial charge in [0.15, 0.2) is 0 Å². The Bertz CT molecular complexity index is 1940. The van der Waals surface area contributed by atoms with E-state index in [4.69, 9.17) is 0 Å². The molecule has 410 valence electrons. The summed E-state index contributed by atoms with van der Waals surface area (Å²) in [6, 6.07) is 11.7. The third kappa shape index (κ3) is 19.2. The summed E-state index contributed by atoms with van der Waals surface area (Å²) in [5, 5.41) is 6.04. The highest BCUT2D eigenvalue weighted by Gasteiger charge is 2.42. The van der Waals surface area contributed by atoms with Crippen LogP contribution in [0.2, 0.25) is 0 Å². The highest BCUT2D eigenvalue weighted by atomic mass is 19.1. The molecule has 0 spiro atoms. The van der Waals surface area contributed by atoms with Gasteiger partial charge < -0.3 is 30.2 Å². The minimum Gasteiger partial charge on any atom is -0.344 e. The van der Waals surface area contributed by atoms with Crippen LogP contribution in [-0.4, -0.2) is 125 Å². The lowest BCUT2D eigenvalue weighted by molar-refractivity contribution is -0.144. The average Bonchev–Trinajstić information content (AvgIpc) is 4.02. The number of ketones is 1. The Hall–Kier alpha value is -4.72. The van der Waals surface area contributed by atoms with E-state index in [1.165, 1.54) is 12.1 Å². The summed E-state index contributed by atoms with van der Waals surface area (Å²) >= 11 is 0. The molecule has 0 unspecified atom stereocenters. The number of hydrogen-bond donors (Lipinski definition) is 2. The second-order valence-electron chi connectivity index (χ2n) is 22.9. The normalized spacial score (nSPS) is 17.6. The lowest BCUT2D eigenvalue weighted by Gasteiger charge is -2.37. The molecule has 0 aliphatic carbocycles. The zero-order chi connectivity index (χ0) is 53.2. The minimum atomic E-state index is -0.714. The van der Waals surface area contributed by atoms with Crippen LogP contribution in [0.25, 0.3) is 0 Å². The molecule has 2 aliphatic rings. The van der Waals surface area contributed by atoms with Crippen molar-refractivity contribution in [1.29, 1.82) is 0 Å². The van der Waals surface area contributed by atoms with Gasteiger partial charge in [0.2, 0.25) is 29.5 Å². The quantitative estimate of drug-likeness (QED) is 0.0810. The number of unbranched alkanes of at least 4 members (excludes halogenated alkanes) is 5. The Labute approximate surface area is 438 Å². The SMILES string of the molecule is C.CC[C@@H](C)C(=O)N[C@H](C(=O)N1CCC[C@H]1CN(CCc1ccccc1F)C(=O)CCCCCCCCC(=O)N(CCc1ccccc1F)C[C@@H]1CCCN1C(=O)[C@@H](CC(=O)[C@H](C)NC)C(C)(C)C)C(C)(C)C. The molecule has 6 atom stereocenters. The Morgan fingerprint density at radius 1 is 0.671 bits per heavy atom. The Balaban J connectivity index is 0.0000141. The van der Waals surface area contributed by atoms with E-state index in [0.29, 0.717) is 95.3 Å². The van der Waals surface area contributed by atoms with E-state index in [9.17, 15) is 37.5 Å². The number of rotatable bonds is 28. The second-order valence-corrected chi connectivity index (χ2v) is 22.9. The molecule has 0 aromatic heterocycles. The van der Waals surface area contributed by atoms with E-state index in [0.717, 1.165) is 51.4 Å². The molecule has 73 heavy (non-hydrogen) atoms. The number of Topliss-reactive ketones (excluding diaryl/α,β-unsaturated/α-hetero) is 1. The van der Waals surface area contributed by atoms with Crippen molar-refractivity contribution in [3.05, 3.63) is 71.3 Å². The first-order chi connectivity index (χ1) is 34.1. The van der Waals surface area contributed by atoms with Crippen molar-refractivity contribution in [1.82, 2.24) is 30.2 Å². The topological polar surface area (TPSA) is 139 Å². The van der Waals surface area contributed by atoms with Crippen LogP contribution in [-0.2, 0) is 41.6 Å². The molecular weight excluding hydrogens is 927 g/mol. The second kappa shape index (κ2) is 30.0. The number of amides is 5. The van der Waals surface area contributed by atoms with Gasteiger partial charge in [-0.05, 0) is 106 Å². The minimum absolute atomic E-state index is 0. The molecular formula is C59H94F2N6O6.